The van der Waals surface area contributed by atoms with Crippen LogP contribution in [0.3, 0.4) is 0 Å². The van der Waals surface area contributed by atoms with Crippen LogP contribution in [0.1, 0.15) is 56.9 Å². The van der Waals surface area contributed by atoms with Crippen molar-refractivity contribution >= 4 is 17.6 Å². The zero-order valence-corrected chi connectivity index (χ0v) is 14.2. The highest BCUT2D eigenvalue weighted by Crippen LogP contribution is 2.47. The average molecular weight is 339 g/mol. The van der Waals surface area contributed by atoms with Crippen LogP contribution in [0.5, 0.6) is 11.5 Å². The Morgan fingerprint density at radius 3 is 2.39 bits per heavy atom. The third-order valence-corrected chi connectivity index (χ3v) is 5.54. The molecule has 1 aromatic rings. The third kappa shape index (κ3) is 3.01. The van der Waals surface area contributed by atoms with E-state index in [2.05, 4.69) is 0 Å². The number of aliphatic carboxylic acids is 1. The van der Waals surface area contributed by atoms with E-state index in [1.807, 2.05) is 0 Å². The molecule has 0 atom stereocenters. The first-order valence-electron chi connectivity index (χ1n) is 8.35. The minimum atomic E-state index is -0.893. The van der Waals surface area contributed by atoms with Gasteiger partial charge in [0.1, 0.15) is 0 Å². The number of carboxylic acids is 1. The minimum absolute atomic E-state index is 0.200. The van der Waals surface area contributed by atoms with Crippen LogP contribution >= 0.6 is 11.6 Å². The molecular formula is C18H23ClO4. The second-order valence-electron chi connectivity index (χ2n) is 6.60. The molecule has 126 valence electrons. The number of halogens is 1. The fraction of sp³-hybridized carbons (Fsp3) is 0.611. The number of carboxylic acid groups (broad SMARTS) is 1. The molecule has 5 heteroatoms. The van der Waals surface area contributed by atoms with Crippen LogP contribution in [0.25, 0.3) is 0 Å². The molecule has 0 unspecified atom stereocenters. The van der Waals surface area contributed by atoms with Gasteiger partial charge in [0, 0.05) is 11.1 Å². The van der Waals surface area contributed by atoms with Gasteiger partial charge < -0.3 is 14.6 Å². The number of ether oxygens (including phenoxy) is 2. The van der Waals surface area contributed by atoms with Gasteiger partial charge in [-0.15, -0.1) is 0 Å². The summed E-state index contributed by atoms with van der Waals surface area (Å²) in [4.78, 5) is 11.9. The maximum Gasteiger partial charge on any atom is 0.314 e. The van der Waals surface area contributed by atoms with Crippen LogP contribution in [0.4, 0.5) is 0 Å². The largest absolute Gasteiger partial charge is 0.493 e. The van der Waals surface area contributed by atoms with E-state index in [9.17, 15) is 9.90 Å². The number of rotatable bonds is 5. The summed E-state index contributed by atoms with van der Waals surface area (Å²) in [7, 11) is 1.58. The van der Waals surface area contributed by atoms with E-state index >= 15 is 0 Å². The predicted molar refractivity (Wildman–Crippen MR) is 88.7 cm³/mol. The normalized spacial score (nSPS) is 20.6. The molecule has 0 bridgehead atoms. The molecule has 2 aliphatic rings. The van der Waals surface area contributed by atoms with Crippen LogP contribution in [0, 0.1) is 0 Å². The van der Waals surface area contributed by atoms with Gasteiger partial charge >= 0.3 is 5.97 Å². The second-order valence-corrected chi connectivity index (χ2v) is 7.01. The minimum Gasteiger partial charge on any atom is -0.493 e. The van der Waals surface area contributed by atoms with Crippen molar-refractivity contribution in [2.24, 2.45) is 0 Å². The van der Waals surface area contributed by atoms with Crippen molar-refractivity contribution in [2.45, 2.75) is 62.9 Å². The topological polar surface area (TPSA) is 55.8 Å². The third-order valence-electron chi connectivity index (χ3n) is 5.23. The van der Waals surface area contributed by atoms with Crippen molar-refractivity contribution in [1.29, 1.82) is 0 Å². The van der Waals surface area contributed by atoms with E-state index in [-0.39, 0.29) is 6.10 Å². The smallest absolute Gasteiger partial charge is 0.314 e. The van der Waals surface area contributed by atoms with Gasteiger partial charge in [-0.2, -0.15) is 0 Å². The second kappa shape index (κ2) is 6.60. The Balaban J connectivity index is 1.97. The first-order valence-corrected chi connectivity index (χ1v) is 8.73. The van der Waals surface area contributed by atoms with Crippen LogP contribution in [-0.4, -0.2) is 24.3 Å². The molecule has 1 aromatic carbocycles. The molecule has 23 heavy (non-hydrogen) atoms. The molecule has 2 aliphatic carbocycles. The molecular weight excluding hydrogens is 316 g/mol. The van der Waals surface area contributed by atoms with Gasteiger partial charge in [-0.3, -0.25) is 4.79 Å². The van der Waals surface area contributed by atoms with Gasteiger partial charge in [0.25, 0.3) is 0 Å². The Kier molecular flexibility index (Phi) is 4.72. The predicted octanol–water partition coefficient (Wildman–Crippen LogP) is 4.57. The number of carbonyl (C=O) groups is 1. The molecule has 0 heterocycles. The highest BCUT2D eigenvalue weighted by Gasteiger charge is 2.44. The fourth-order valence-electron chi connectivity index (χ4n) is 3.92. The summed E-state index contributed by atoms with van der Waals surface area (Å²) >= 11 is 6.46. The van der Waals surface area contributed by atoms with E-state index in [1.54, 1.807) is 19.2 Å². The van der Waals surface area contributed by atoms with Crippen molar-refractivity contribution in [2.75, 3.05) is 7.11 Å². The first-order chi connectivity index (χ1) is 11.1. The molecule has 0 spiro atoms. The Labute approximate surface area is 141 Å². The lowest BCUT2D eigenvalue weighted by Gasteiger charge is -2.27. The van der Waals surface area contributed by atoms with Gasteiger partial charge in [-0.25, -0.2) is 0 Å². The maximum absolute atomic E-state index is 11.9. The average Bonchev–Trinajstić information content (AvgIpc) is 3.19. The Morgan fingerprint density at radius 2 is 1.83 bits per heavy atom. The maximum atomic E-state index is 11.9. The van der Waals surface area contributed by atoms with Gasteiger partial charge in [0.15, 0.2) is 11.5 Å². The standard InChI is InChI=1S/C18H23ClO4/c1-22-15-10-13(18(17(20)21)8-4-5-9-18)14(19)11-16(15)23-12-6-2-3-7-12/h10-12H,2-9H2,1H3,(H,20,21). The molecule has 3 rings (SSSR count). The highest BCUT2D eigenvalue weighted by atomic mass is 35.5. The van der Waals surface area contributed by atoms with Crippen molar-refractivity contribution in [3.63, 3.8) is 0 Å². The highest BCUT2D eigenvalue weighted by molar-refractivity contribution is 6.32. The lowest BCUT2D eigenvalue weighted by atomic mass is 9.79. The molecule has 0 radical (unpaired) electrons. The van der Waals surface area contributed by atoms with Crippen LogP contribution in [0.15, 0.2) is 12.1 Å². The van der Waals surface area contributed by atoms with E-state index in [0.717, 1.165) is 25.7 Å². The summed E-state index contributed by atoms with van der Waals surface area (Å²) in [6.07, 6.45) is 7.70. The zero-order chi connectivity index (χ0) is 16.4. The number of benzene rings is 1. The summed E-state index contributed by atoms with van der Waals surface area (Å²) in [5.74, 6) is 0.388. The van der Waals surface area contributed by atoms with E-state index in [4.69, 9.17) is 21.1 Å². The summed E-state index contributed by atoms with van der Waals surface area (Å²) in [5.41, 5.74) is -0.240. The SMILES string of the molecule is COc1cc(C2(C(=O)O)CCCC2)c(Cl)cc1OC1CCCC1. The molecule has 0 aliphatic heterocycles. The van der Waals surface area contributed by atoms with Crippen molar-refractivity contribution in [3.8, 4) is 11.5 Å². The monoisotopic (exact) mass is 338 g/mol. The summed E-state index contributed by atoms with van der Waals surface area (Å²) in [6.45, 7) is 0. The van der Waals surface area contributed by atoms with Gasteiger partial charge in [0.2, 0.25) is 0 Å². The lowest BCUT2D eigenvalue weighted by molar-refractivity contribution is -0.143. The van der Waals surface area contributed by atoms with E-state index in [0.29, 0.717) is 34.9 Å². The number of hydrogen-bond donors (Lipinski definition) is 1. The van der Waals surface area contributed by atoms with E-state index in [1.165, 1.54) is 12.8 Å². The zero-order valence-electron chi connectivity index (χ0n) is 13.4. The van der Waals surface area contributed by atoms with Crippen LogP contribution < -0.4 is 9.47 Å². The van der Waals surface area contributed by atoms with Crippen molar-refractivity contribution < 1.29 is 19.4 Å². The Morgan fingerprint density at radius 1 is 1.17 bits per heavy atom. The van der Waals surface area contributed by atoms with Gasteiger partial charge in [-0.05, 0) is 50.2 Å². The summed E-state index contributed by atoms with van der Waals surface area (Å²) in [6, 6.07) is 3.50. The molecule has 1 N–H and O–H groups in total. The molecule has 0 saturated heterocycles. The lowest BCUT2D eigenvalue weighted by Crippen LogP contribution is -2.33. The van der Waals surface area contributed by atoms with Crippen LogP contribution in [-0.2, 0) is 10.2 Å². The molecule has 0 aromatic heterocycles. The Bertz CT molecular complexity index is 587. The van der Waals surface area contributed by atoms with Gasteiger partial charge in [0.05, 0.1) is 18.6 Å². The van der Waals surface area contributed by atoms with Gasteiger partial charge in [-0.1, -0.05) is 24.4 Å². The molecule has 0 amide bonds. The molecule has 2 fully saturated rings. The quantitative estimate of drug-likeness (QED) is 0.854. The van der Waals surface area contributed by atoms with E-state index < -0.39 is 11.4 Å². The number of hydrogen-bond acceptors (Lipinski definition) is 3. The summed E-state index contributed by atoms with van der Waals surface area (Å²) in [5, 5.41) is 10.2. The summed E-state index contributed by atoms with van der Waals surface area (Å²) < 4.78 is 11.5. The first kappa shape index (κ1) is 16.4. The molecule has 4 nitrogen and oxygen atoms in total. The van der Waals surface area contributed by atoms with Crippen LogP contribution in [0.2, 0.25) is 5.02 Å². The Hall–Kier alpha value is -1.42. The molecule has 2 saturated carbocycles. The van der Waals surface area contributed by atoms with Crippen molar-refractivity contribution in [3.05, 3.63) is 22.7 Å². The number of methoxy groups -OCH3 is 1. The fourth-order valence-corrected chi connectivity index (χ4v) is 4.25. The van der Waals surface area contributed by atoms with Crippen molar-refractivity contribution in [1.82, 2.24) is 0 Å².